The molecule has 74 valence electrons. The van der Waals surface area contributed by atoms with Gasteiger partial charge in [-0.1, -0.05) is 38.1 Å². The van der Waals surface area contributed by atoms with Gasteiger partial charge in [-0.3, -0.25) is 0 Å². The van der Waals surface area contributed by atoms with Crippen LogP contribution in [0.4, 0.5) is 0 Å². The Bertz CT molecular complexity index is 533. The van der Waals surface area contributed by atoms with Gasteiger partial charge in [-0.25, -0.2) is 0 Å². The molecule has 1 heteroatoms. The van der Waals surface area contributed by atoms with Gasteiger partial charge < -0.3 is 0 Å². The third kappa shape index (κ3) is 1.71. The molecule has 0 aliphatic heterocycles. The highest BCUT2D eigenvalue weighted by atomic mass is 14.2. The van der Waals surface area contributed by atoms with E-state index in [2.05, 4.69) is 38.1 Å². The second-order valence-corrected chi connectivity index (χ2v) is 4.05. The van der Waals surface area contributed by atoms with Crippen molar-refractivity contribution in [1.29, 1.82) is 5.26 Å². The van der Waals surface area contributed by atoms with Gasteiger partial charge in [0.25, 0.3) is 0 Å². The summed E-state index contributed by atoms with van der Waals surface area (Å²) >= 11 is 0. The summed E-state index contributed by atoms with van der Waals surface area (Å²) < 4.78 is 0. The van der Waals surface area contributed by atoms with Gasteiger partial charge in [0, 0.05) is 0 Å². The number of rotatable bonds is 1. The summed E-state index contributed by atoms with van der Waals surface area (Å²) in [7, 11) is 0. The van der Waals surface area contributed by atoms with Gasteiger partial charge in [0.05, 0.1) is 11.6 Å². The third-order valence-electron chi connectivity index (χ3n) is 2.69. The maximum Gasteiger partial charge on any atom is 0.0998 e. The predicted octanol–water partition coefficient (Wildman–Crippen LogP) is 3.83. The second-order valence-electron chi connectivity index (χ2n) is 4.05. The van der Waals surface area contributed by atoms with Crippen LogP contribution in [0.1, 0.15) is 30.9 Å². The van der Waals surface area contributed by atoms with Crippen molar-refractivity contribution in [3.05, 3.63) is 47.5 Å². The average Bonchev–Trinajstić information content (AvgIpc) is 2.27. The normalized spacial score (nSPS) is 10.5. The van der Waals surface area contributed by atoms with Crippen LogP contribution in [0.2, 0.25) is 0 Å². The zero-order chi connectivity index (χ0) is 10.8. The minimum atomic E-state index is 0.501. The lowest BCUT2D eigenvalue weighted by Crippen LogP contribution is -1.88. The quantitative estimate of drug-likeness (QED) is 0.678. The molecule has 0 heterocycles. The van der Waals surface area contributed by atoms with Crippen molar-refractivity contribution in [3.8, 4) is 6.07 Å². The van der Waals surface area contributed by atoms with Crippen LogP contribution < -0.4 is 0 Å². The van der Waals surface area contributed by atoms with E-state index in [0.29, 0.717) is 5.92 Å². The summed E-state index contributed by atoms with van der Waals surface area (Å²) in [6.07, 6.45) is 0. The lowest BCUT2D eigenvalue weighted by molar-refractivity contribution is 0.869. The van der Waals surface area contributed by atoms with E-state index in [1.54, 1.807) is 0 Å². The van der Waals surface area contributed by atoms with Crippen molar-refractivity contribution < 1.29 is 0 Å². The molecule has 2 aromatic carbocycles. The van der Waals surface area contributed by atoms with Crippen LogP contribution >= 0.6 is 0 Å². The van der Waals surface area contributed by atoms with Gasteiger partial charge in [-0.15, -0.1) is 0 Å². The molecule has 0 aliphatic rings. The molecule has 0 bridgehead atoms. The molecule has 0 fully saturated rings. The van der Waals surface area contributed by atoms with Crippen LogP contribution in [-0.2, 0) is 0 Å². The van der Waals surface area contributed by atoms with Gasteiger partial charge in [-0.05, 0) is 34.4 Å². The molecule has 0 saturated heterocycles. The summed E-state index contributed by atoms with van der Waals surface area (Å²) in [5, 5.41) is 11.2. The van der Waals surface area contributed by atoms with Crippen LogP contribution in [-0.4, -0.2) is 0 Å². The minimum Gasteiger partial charge on any atom is -0.192 e. The van der Waals surface area contributed by atoms with Gasteiger partial charge in [0.1, 0.15) is 0 Å². The van der Waals surface area contributed by atoms with E-state index in [9.17, 15) is 0 Å². The standard InChI is InChI=1S/C14H13N/c1-10(2)12-7-6-11-4-3-5-13(9-15)14(11)8-12/h3-8,10H,1-2H3. The Morgan fingerprint density at radius 1 is 1.13 bits per heavy atom. The fourth-order valence-corrected chi connectivity index (χ4v) is 1.75. The van der Waals surface area contributed by atoms with Gasteiger partial charge in [-0.2, -0.15) is 5.26 Å². The molecule has 2 aromatic rings. The summed E-state index contributed by atoms with van der Waals surface area (Å²) in [6.45, 7) is 4.33. The first kappa shape index (κ1) is 9.73. The molecule has 0 amide bonds. The SMILES string of the molecule is CC(C)c1ccc2cccc(C#N)c2c1. The van der Waals surface area contributed by atoms with E-state index in [-0.39, 0.29) is 0 Å². The Hall–Kier alpha value is -1.81. The summed E-state index contributed by atoms with van der Waals surface area (Å²) in [4.78, 5) is 0. The maximum absolute atomic E-state index is 9.02. The van der Waals surface area contributed by atoms with Crippen LogP contribution in [0.3, 0.4) is 0 Å². The second kappa shape index (κ2) is 3.74. The first-order valence-electron chi connectivity index (χ1n) is 5.15. The lowest BCUT2D eigenvalue weighted by atomic mass is 9.97. The molecule has 0 N–H and O–H groups in total. The summed E-state index contributed by atoms with van der Waals surface area (Å²) in [6, 6.07) is 14.4. The number of benzene rings is 2. The topological polar surface area (TPSA) is 23.8 Å². The van der Waals surface area contributed by atoms with E-state index < -0.39 is 0 Å². The van der Waals surface area contributed by atoms with Crippen molar-refractivity contribution in [2.75, 3.05) is 0 Å². The molecular weight excluding hydrogens is 182 g/mol. The number of nitrogens with zero attached hydrogens (tertiary/aromatic N) is 1. The molecular formula is C14H13N. The Kier molecular flexibility index (Phi) is 2.43. The Labute approximate surface area is 90.0 Å². The number of hydrogen-bond donors (Lipinski definition) is 0. The fraction of sp³-hybridized carbons (Fsp3) is 0.214. The summed E-state index contributed by atoms with van der Waals surface area (Å²) in [5.74, 6) is 0.501. The van der Waals surface area contributed by atoms with E-state index >= 15 is 0 Å². The van der Waals surface area contributed by atoms with Crippen molar-refractivity contribution in [1.82, 2.24) is 0 Å². The zero-order valence-electron chi connectivity index (χ0n) is 8.99. The van der Waals surface area contributed by atoms with Crippen LogP contribution in [0.15, 0.2) is 36.4 Å². The van der Waals surface area contributed by atoms with Crippen molar-refractivity contribution in [3.63, 3.8) is 0 Å². The van der Waals surface area contributed by atoms with Gasteiger partial charge in [0.2, 0.25) is 0 Å². The van der Waals surface area contributed by atoms with Gasteiger partial charge >= 0.3 is 0 Å². The predicted molar refractivity (Wildman–Crippen MR) is 62.8 cm³/mol. The van der Waals surface area contributed by atoms with Crippen molar-refractivity contribution in [2.24, 2.45) is 0 Å². The first-order chi connectivity index (χ1) is 7.22. The molecule has 0 spiro atoms. The lowest BCUT2D eigenvalue weighted by Gasteiger charge is -2.07. The smallest absolute Gasteiger partial charge is 0.0998 e. The number of nitriles is 1. The number of hydrogen-bond acceptors (Lipinski definition) is 1. The van der Waals surface area contributed by atoms with E-state index in [1.165, 1.54) is 5.56 Å². The molecule has 0 radical (unpaired) electrons. The monoisotopic (exact) mass is 195 g/mol. The van der Waals surface area contributed by atoms with Crippen LogP contribution in [0.5, 0.6) is 0 Å². The van der Waals surface area contributed by atoms with Crippen molar-refractivity contribution >= 4 is 10.8 Å². The van der Waals surface area contributed by atoms with Crippen LogP contribution in [0.25, 0.3) is 10.8 Å². The molecule has 2 rings (SSSR count). The average molecular weight is 195 g/mol. The highest BCUT2D eigenvalue weighted by Gasteiger charge is 2.03. The molecule has 0 saturated carbocycles. The Balaban J connectivity index is 2.74. The highest BCUT2D eigenvalue weighted by molar-refractivity contribution is 5.88. The molecule has 1 nitrogen and oxygen atoms in total. The Morgan fingerprint density at radius 3 is 2.60 bits per heavy atom. The zero-order valence-corrected chi connectivity index (χ0v) is 8.99. The van der Waals surface area contributed by atoms with E-state index in [1.807, 2.05) is 18.2 Å². The first-order valence-corrected chi connectivity index (χ1v) is 5.15. The van der Waals surface area contributed by atoms with Gasteiger partial charge in [0.15, 0.2) is 0 Å². The number of fused-ring (bicyclic) bond motifs is 1. The minimum absolute atomic E-state index is 0.501. The Morgan fingerprint density at radius 2 is 1.93 bits per heavy atom. The highest BCUT2D eigenvalue weighted by Crippen LogP contribution is 2.23. The molecule has 0 atom stereocenters. The van der Waals surface area contributed by atoms with E-state index in [4.69, 9.17) is 5.26 Å². The molecule has 0 aliphatic carbocycles. The molecule has 15 heavy (non-hydrogen) atoms. The fourth-order valence-electron chi connectivity index (χ4n) is 1.75. The largest absolute Gasteiger partial charge is 0.192 e. The van der Waals surface area contributed by atoms with Crippen LogP contribution in [0, 0.1) is 11.3 Å². The maximum atomic E-state index is 9.02. The van der Waals surface area contributed by atoms with Crippen molar-refractivity contribution in [2.45, 2.75) is 19.8 Å². The third-order valence-corrected chi connectivity index (χ3v) is 2.69. The summed E-state index contributed by atoms with van der Waals surface area (Å²) in [5.41, 5.74) is 2.04. The van der Waals surface area contributed by atoms with E-state index in [0.717, 1.165) is 16.3 Å². The molecule has 0 unspecified atom stereocenters. The molecule has 0 aromatic heterocycles.